The van der Waals surface area contributed by atoms with Crippen LogP contribution in [0.25, 0.3) is 11.2 Å². The van der Waals surface area contributed by atoms with E-state index in [1.54, 1.807) is 6.92 Å². The molecule has 0 unspecified atom stereocenters. The number of aromatic amines is 2. The first-order valence-corrected chi connectivity index (χ1v) is 3.45. The van der Waals surface area contributed by atoms with Gasteiger partial charge in [-0.3, -0.25) is 4.79 Å². The molecule has 0 aliphatic carbocycles. The largest absolute Gasteiger partial charge is 0.505 e. The average Bonchev–Trinajstić information content (AvgIpc) is 2.48. The molecule has 5 nitrogen and oxygen atoms in total. The molecule has 3 N–H and O–H groups in total. The minimum absolute atomic E-state index is 0.0359. The average molecular weight is 165 g/mol. The molecule has 2 heterocycles. The second kappa shape index (κ2) is 2.10. The fourth-order valence-electron chi connectivity index (χ4n) is 1.07. The van der Waals surface area contributed by atoms with E-state index in [1.165, 1.54) is 6.33 Å². The number of pyridine rings is 1. The van der Waals surface area contributed by atoms with E-state index in [0.717, 1.165) is 0 Å². The molecule has 5 heteroatoms. The van der Waals surface area contributed by atoms with Gasteiger partial charge in [0, 0.05) is 0 Å². The van der Waals surface area contributed by atoms with E-state index in [2.05, 4.69) is 15.0 Å². The highest BCUT2D eigenvalue weighted by molar-refractivity contribution is 5.78. The summed E-state index contributed by atoms with van der Waals surface area (Å²) in [5.41, 5.74) is 0.828. The van der Waals surface area contributed by atoms with Crippen molar-refractivity contribution < 1.29 is 5.11 Å². The van der Waals surface area contributed by atoms with Gasteiger partial charge in [0.2, 0.25) is 0 Å². The number of hydrogen-bond donors (Lipinski definition) is 3. The zero-order valence-electron chi connectivity index (χ0n) is 6.38. The van der Waals surface area contributed by atoms with Crippen molar-refractivity contribution in [2.45, 2.75) is 6.92 Å². The molecule has 0 aliphatic rings. The van der Waals surface area contributed by atoms with Gasteiger partial charge in [0.25, 0.3) is 5.56 Å². The maximum Gasteiger partial charge on any atom is 0.256 e. The summed E-state index contributed by atoms with van der Waals surface area (Å²) in [5.74, 6) is -0.0359. The maximum atomic E-state index is 11.1. The van der Waals surface area contributed by atoms with Gasteiger partial charge in [0.05, 0.1) is 11.9 Å². The molecule has 2 rings (SSSR count). The summed E-state index contributed by atoms with van der Waals surface area (Å²) in [7, 11) is 0. The first kappa shape index (κ1) is 6.90. The molecule has 0 radical (unpaired) electrons. The predicted octanol–water partition coefficient (Wildman–Crippen LogP) is 0.265. The van der Waals surface area contributed by atoms with E-state index in [4.69, 9.17) is 0 Å². The van der Waals surface area contributed by atoms with E-state index in [1.807, 2.05) is 0 Å². The molecule has 12 heavy (non-hydrogen) atoms. The van der Waals surface area contributed by atoms with E-state index in [-0.39, 0.29) is 11.3 Å². The smallest absolute Gasteiger partial charge is 0.256 e. The van der Waals surface area contributed by atoms with Crippen LogP contribution in [0.2, 0.25) is 0 Å². The number of nitrogens with one attached hydrogen (secondary N) is 2. The van der Waals surface area contributed by atoms with Crippen LogP contribution in [0.15, 0.2) is 11.1 Å². The Balaban J connectivity index is 3.04. The van der Waals surface area contributed by atoms with Crippen LogP contribution in [0, 0.1) is 6.92 Å². The standard InChI is InChI=1S/C7H7N3O2/c1-3-5(11)4-6(9-2-8-4)10-7(3)12/h2H,1H3,(H3,8,9,10,11,12). The molecule has 0 atom stereocenters. The van der Waals surface area contributed by atoms with Crippen molar-refractivity contribution in [3.05, 3.63) is 22.2 Å². The SMILES string of the molecule is Cc1c(O)c2[nH]cnc2[nH]c1=O. The van der Waals surface area contributed by atoms with Crippen molar-refractivity contribution >= 4 is 11.2 Å². The quantitative estimate of drug-likeness (QED) is 0.523. The third-order valence-electron chi connectivity index (χ3n) is 1.80. The van der Waals surface area contributed by atoms with Crippen molar-refractivity contribution in [2.24, 2.45) is 0 Å². The van der Waals surface area contributed by atoms with Gasteiger partial charge in [-0.25, -0.2) is 4.98 Å². The third-order valence-corrected chi connectivity index (χ3v) is 1.80. The van der Waals surface area contributed by atoms with Crippen molar-refractivity contribution in [1.82, 2.24) is 15.0 Å². The number of nitrogens with zero attached hydrogens (tertiary/aromatic N) is 1. The number of H-pyrrole nitrogens is 2. The van der Waals surface area contributed by atoms with Crippen LogP contribution in [0.1, 0.15) is 5.56 Å². The van der Waals surface area contributed by atoms with Crippen molar-refractivity contribution in [2.75, 3.05) is 0 Å². The fourth-order valence-corrected chi connectivity index (χ4v) is 1.07. The first-order valence-electron chi connectivity index (χ1n) is 3.45. The normalized spacial score (nSPS) is 10.8. The highest BCUT2D eigenvalue weighted by atomic mass is 16.3. The van der Waals surface area contributed by atoms with Crippen LogP contribution >= 0.6 is 0 Å². The Kier molecular flexibility index (Phi) is 1.21. The lowest BCUT2D eigenvalue weighted by atomic mass is 10.2. The molecule has 0 saturated heterocycles. The van der Waals surface area contributed by atoms with Crippen LogP contribution in [-0.4, -0.2) is 20.1 Å². The highest BCUT2D eigenvalue weighted by Crippen LogP contribution is 2.19. The van der Waals surface area contributed by atoms with Crippen LogP contribution < -0.4 is 5.56 Å². The summed E-state index contributed by atoms with van der Waals surface area (Å²) >= 11 is 0. The lowest BCUT2D eigenvalue weighted by Gasteiger charge is -1.96. The Morgan fingerprint density at radius 1 is 1.58 bits per heavy atom. The monoisotopic (exact) mass is 165 g/mol. The molecule has 2 aromatic heterocycles. The summed E-state index contributed by atoms with van der Waals surface area (Å²) < 4.78 is 0. The van der Waals surface area contributed by atoms with Gasteiger partial charge in [0.1, 0.15) is 5.52 Å². The number of imidazole rings is 1. The van der Waals surface area contributed by atoms with Crippen LogP contribution in [-0.2, 0) is 0 Å². The lowest BCUT2D eigenvalue weighted by molar-refractivity contribution is 0.475. The summed E-state index contributed by atoms with van der Waals surface area (Å²) in [4.78, 5) is 20.1. The summed E-state index contributed by atoms with van der Waals surface area (Å²) in [6, 6.07) is 0. The highest BCUT2D eigenvalue weighted by Gasteiger charge is 2.08. The maximum absolute atomic E-state index is 11.1. The molecule has 2 aromatic rings. The number of rotatable bonds is 0. The molecule has 0 fully saturated rings. The van der Waals surface area contributed by atoms with E-state index in [0.29, 0.717) is 16.7 Å². The van der Waals surface area contributed by atoms with Gasteiger partial charge >= 0.3 is 0 Å². The molecule has 62 valence electrons. The fraction of sp³-hybridized carbons (Fsp3) is 0.143. The van der Waals surface area contributed by atoms with Crippen LogP contribution in [0.3, 0.4) is 0 Å². The first-order chi connectivity index (χ1) is 5.70. The van der Waals surface area contributed by atoms with Gasteiger partial charge in [-0.1, -0.05) is 0 Å². The van der Waals surface area contributed by atoms with Crippen LogP contribution in [0.5, 0.6) is 5.75 Å². The number of aromatic hydroxyl groups is 1. The van der Waals surface area contributed by atoms with Gasteiger partial charge in [-0.15, -0.1) is 0 Å². The van der Waals surface area contributed by atoms with Gasteiger partial charge < -0.3 is 15.1 Å². The summed E-state index contributed by atoms with van der Waals surface area (Å²) in [6.07, 6.45) is 1.42. The number of hydrogen-bond acceptors (Lipinski definition) is 3. The Hall–Kier alpha value is -1.78. The van der Waals surface area contributed by atoms with Gasteiger partial charge in [-0.2, -0.15) is 0 Å². The molecule has 0 spiro atoms. The molecular formula is C7H7N3O2. The van der Waals surface area contributed by atoms with Crippen molar-refractivity contribution in [3.63, 3.8) is 0 Å². The Morgan fingerprint density at radius 3 is 3.08 bits per heavy atom. The lowest BCUT2D eigenvalue weighted by Crippen LogP contribution is -2.08. The predicted molar refractivity (Wildman–Crippen MR) is 43.1 cm³/mol. The minimum Gasteiger partial charge on any atom is -0.505 e. The molecular weight excluding hydrogens is 158 g/mol. The number of aromatic nitrogens is 3. The second-order valence-electron chi connectivity index (χ2n) is 2.55. The van der Waals surface area contributed by atoms with E-state index in [9.17, 15) is 9.90 Å². The molecule has 0 aromatic carbocycles. The van der Waals surface area contributed by atoms with Crippen LogP contribution in [0.4, 0.5) is 0 Å². The van der Waals surface area contributed by atoms with E-state index < -0.39 is 0 Å². The minimum atomic E-state index is -0.313. The molecule has 0 saturated carbocycles. The Morgan fingerprint density at radius 2 is 2.33 bits per heavy atom. The zero-order chi connectivity index (χ0) is 8.72. The van der Waals surface area contributed by atoms with Crippen molar-refractivity contribution in [3.8, 4) is 5.75 Å². The van der Waals surface area contributed by atoms with Gasteiger partial charge in [0.15, 0.2) is 11.4 Å². The second-order valence-corrected chi connectivity index (χ2v) is 2.55. The third kappa shape index (κ3) is 0.730. The number of fused-ring (bicyclic) bond motifs is 1. The van der Waals surface area contributed by atoms with Crippen molar-refractivity contribution in [1.29, 1.82) is 0 Å². The molecule has 0 bridgehead atoms. The Labute approximate surface area is 67.1 Å². The van der Waals surface area contributed by atoms with E-state index >= 15 is 0 Å². The van der Waals surface area contributed by atoms with Gasteiger partial charge in [-0.05, 0) is 6.92 Å². The molecule has 0 aliphatic heterocycles. The zero-order valence-corrected chi connectivity index (χ0v) is 6.38. The Bertz CT molecular complexity index is 483. The molecule has 0 amide bonds. The summed E-state index contributed by atoms with van der Waals surface area (Å²) in [6.45, 7) is 1.55. The topological polar surface area (TPSA) is 81.8 Å². The summed E-state index contributed by atoms with van der Waals surface area (Å²) in [5, 5.41) is 9.44.